The van der Waals surface area contributed by atoms with Crippen LogP contribution in [-0.4, -0.2) is 26.8 Å². The number of carbonyl (C=O) groups excluding carboxylic acids is 1. The average molecular weight is 449 g/mol. The molecule has 0 saturated carbocycles. The summed E-state index contributed by atoms with van der Waals surface area (Å²) in [6.45, 7) is 5.54. The van der Waals surface area contributed by atoms with Crippen molar-refractivity contribution in [3.63, 3.8) is 0 Å². The molecule has 1 N–H and O–H groups in total. The first kappa shape index (κ1) is 23.9. The number of rotatable bonds is 11. The lowest BCUT2D eigenvalue weighted by Crippen LogP contribution is -2.20. The number of carboxylic acids is 1. The summed E-state index contributed by atoms with van der Waals surface area (Å²) in [5.41, 5.74) is 3.09. The molecule has 1 aromatic heterocycles. The minimum absolute atomic E-state index is 0.151. The van der Waals surface area contributed by atoms with Crippen molar-refractivity contribution in [3.05, 3.63) is 83.4 Å². The lowest BCUT2D eigenvalue weighted by molar-refractivity contribution is -0.142. The second-order valence-corrected chi connectivity index (χ2v) is 7.89. The molecule has 7 heteroatoms. The van der Waals surface area contributed by atoms with Crippen LogP contribution in [0.5, 0.6) is 11.5 Å². The van der Waals surface area contributed by atoms with Gasteiger partial charge in [0.15, 0.2) is 5.78 Å². The van der Waals surface area contributed by atoms with Gasteiger partial charge in [0.1, 0.15) is 30.5 Å². The Morgan fingerprint density at radius 3 is 2.45 bits per heavy atom. The van der Waals surface area contributed by atoms with E-state index in [1.165, 1.54) is 13.3 Å². The number of Topliss-reactive ketones (excluding diaryl/α,β-unsaturated/α-hetero) is 1. The third kappa shape index (κ3) is 6.38. The molecule has 0 aliphatic carbocycles. The van der Waals surface area contributed by atoms with Gasteiger partial charge in [-0.15, -0.1) is 0 Å². The van der Waals surface area contributed by atoms with Gasteiger partial charge >= 0.3 is 5.97 Å². The third-order valence-corrected chi connectivity index (χ3v) is 5.50. The zero-order chi connectivity index (χ0) is 23.8. The van der Waals surface area contributed by atoms with Gasteiger partial charge in [-0.3, -0.25) is 9.59 Å². The van der Waals surface area contributed by atoms with Gasteiger partial charge in [-0.05, 0) is 43.5 Å². The number of hydrogen-bond donors (Lipinski definition) is 1. The molecular formula is C26H28N2O5. The number of ketones is 1. The molecule has 7 nitrogen and oxygen atoms in total. The van der Waals surface area contributed by atoms with Crippen molar-refractivity contribution >= 4 is 11.8 Å². The summed E-state index contributed by atoms with van der Waals surface area (Å²) in [5, 5.41) is 9.63. The predicted molar refractivity (Wildman–Crippen MR) is 123 cm³/mol. The van der Waals surface area contributed by atoms with Crippen molar-refractivity contribution in [2.24, 2.45) is 5.92 Å². The second-order valence-electron chi connectivity index (χ2n) is 7.89. The lowest BCUT2D eigenvalue weighted by atomic mass is 9.92. The monoisotopic (exact) mass is 448 g/mol. The zero-order valence-electron chi connectivity index (χ0n) is 19.0. The Labute approximate surface area is 193 Å². The molecule has 0 saturated heterocycles. The van der Waals surface area contributed by atoms with Gasteiger partial charge in [-0.25, -0.2) is 9.97 Å². The molecule has 0 amide bonds. The highest BCUT2D eigenvalue weighted by atomic mass is 16.5. The highest BCUT2D eigenvalue weighted by Crippen LogP contribution is 2.35. The quantitative estimate of drug-likeness (QED) is 0.403. The molecule has 0 aliphatic rings. The number of aryl methyl sites for hydroxylation is 1. The maximum Gasteiger partial charge on any atom is 0.306 e. The molecular weight excluding hydrogens is 420 g/mol. The van der Waals surface area contributed by atoms with E-state index in [0.29, 0.717) is 23.5 Å². The van der Waals surface area contributed by atoms with Crippen LogP contribution in [0.15, 0.2) is 61.2 Å². The van der Waals surface area contributed by atoms with Gasteiger partial charge in [0.2, 0.25) is 0 Å². The van der Waals surface area contributed by atoms with Crippen LogP contribution in [-0.2, 0) is 11.4 Å². The third-order valence-electron chi connectivity index (χ3n) is 5.50. The highest BCUT2D eigenvalue weighted by molar-refractivity contribution is 5.97. The molecule has 33 heavy (non-hydrogen) atoms. The van der Waals surface area contributed by atoms with Crippen LogP contribution in [0, 0.1) is 12.8 Å². The van der Waals surface area contributed by atoms with Gasteiger partial charge in [0.25, 0.3) is 0 Å². The number of hydrogen-bond acceptors (Lipinski definition) is 6. The fourth-order valence-corrected chi connectivity index (χ4v) is 3.59. The van der Waals surface area contributed by atoms with Gasteiger partial charge in [0, 0.05) is 30.4 Å². The Hall–Kier alpha value is -3.74. The highest BCUT2D eigenvalue weighted by Gasteiger charge is 2.26. The van der Waals surface area contributed by atoms with E-state index in [9.17, 15) is 14.7 Å². The van der Waals surface area contributed by atoms with E-state index < -0.39 is 18.0 Å². The summed E-state index contributed by atoms with van der Waals surface area (Å²) < 4.78 is 12.2. The Kier molecular flexibility index (Phi) is 8.13. The van der Waals surface area contributed by atoms with Crippen molar-refractivity contribution in [1.82, 2.24) is 9.97 Å². The molecule has 1 heterocycles. The van der Waals surface area contributed by atoms with Gasteiger partial charge in [0.05, 0.1) is 11.5 Å². The van der Waals surface area contributed by atoms with Crippen LogP contribution in [0.1, 0.15) is 59.8 Å². The van der Waals surface area contributed by atoms with Crippen molar-refractivity contribution in [3.8, 4) is 11.5 Å². The first-order chi connectivity index (χ1) is 15.9. The first-order valence-corrected chi connectivity index (χ1v) is 10.9. The van der Waals surface area contributed by atoms with Gasteiger partial charge in [-0.1, -0.05) is 31.2 Å². The van der Waals surface area contributed by atoms with Gasteiger partial charge < -0.3 is 14.6 Å². The molecule has 3 aromatic rings. The van der Waals surface area contributed by atoms with E-state index in [1.807, 2.05) is 38.1 Å². The van der Waals surface area contributed by atoms with Crippen LogP contribution in [0.25, 0.3) is 0 Å². The molecule has 2 atom stereocenters. The molecule has 172 valence electrons. The second kappa shape index (κ2) is 11.2. The number of aliphatic carboxylic acids is 1. The molecule has 2 unspecified atom stereocenters. The Morgan fingerprint density at radius 1 is 1.09 bits per heavy atom. The average Bonchev–Trinajstić information content (AvgIpc) is 2.81. The summed E-state index contributed by atoms with van der Waals surface area (Å²) in [6, 6.07) is 12.8. The largest absolute Gasteiger partial charge is 0.489 e. The Balaban J connectivity index is 1.93. The molecule has 0 aliphatic heterocycles. The fraction of sp³-hybridized carbons (Fsp3) is 0.308. The number of aromatic nitrogens is 2. The van der Waals surface area contributed by atoms with Crippen LogP contribution in [0.2, 0.25) is 0 Å². The SMILES string of the molecule is CCC(CC(Oc1cc(OCc2cncnc2)ccc1C(C)=O)c1ccccc1C)C(=O)O. The zero-order valence-corrected chi connectivity index (χ0v) is 19.0. The summed E-state index contributed by atoms with van der Waals surface area (Å²) in [4.78, 5) is 32.0. The Bertz CT molecular complexity index is 1100. The van der Waals surface area contributed by atoms with E-state index in [-0.39, 0.29) is 18.8 Å². The molecule has 3 rings (SSSR count). The summed E-state index contributed by atoms with van der Waals surface area (Å²) >= 11 is 0. The van der Waals surface area contributed by atoms with Crippen LogP contribution < -0.4 is 9.47 Å². The van der Waals surface area contributed by atoms with Crippen LogP contribution >= 0.6 is 0 Å². The van der Waals surface area contributed by atoms with Crippen LogP contribution in [0.3, 0.4) is 0 Å². The summed E-state index contributed by atoms with van der Waals surface area (Å²) in [7, 11) is 0. The molecule has 0 bridgehead atoms. The maximum atomic E-state index is 12.3. The van der Waals surface area contributed by atoms with E-state index in [2.05, 4.69) is 9.97 Å². The number of carboxylic acid groups (broad SMARTS) is 1. The molecule has 0 fully saturated rings. The standard InChI is InChI=1S/C26H28N2O5/c1-4-20(26(30)31)11-24(22-8-6-5-7-17(22)2)33-25-12-21(9-10-23(25)18(3)29)32-15-19-13-27-16-28-14-19/h5-10,12-14,16,20,24H,4,11,15H2,1-3H3,(H,30,31). The fourth-order valence-electron chi connectivity index (χ4n) is 3.59. The normalized spacial score (nSPS) is 12.6. The summed E-state index contributed by atoms with van der Waals surface area (Å²) in [5.74, 6) is -0.714. The molecule has 2 aromatic carbocycles. The minimum atomic E-state index is -0.867. The number of benzene rings is 2. The number of ether oxygens (including phenoxy) is 2. The predicted octanol–water partition coefficient (Wildman–Crippen LogP) is 5.19. The smallest absolute Gasteiger partial charge is 0.306 e. The van der Waals surface area contributed by atoms with E-state index in [0.717, 1.165) is 16.7 Å². The van der Waals surface area contributed by atoms with E-state index in [1.54, 1.807) is 30.6 Å². The molecule has 0 spiro atoms. The first-order valence-electron chi connectivity index (χ1n) is 10.9. The van der Waals surface area contributed by atoms with Crippen molar-refractivity contribution in [1.29, 1.82) is 0 Å². The number of nitrogens with zero attached hydrogens (tertiary/aromatic N) is 2. The lowest BCUT2D eigenvalue weighted by Gasteiger charge is -2.25. The van der Waals surface area contributed by atoms with Crippen molar-refractivity contribution < 1.29 is 24.2 Å². The summed E-state index contributed by atoms with van der Waals surface area (Å²) in [6.07, 6.45) is 4.99. The van der Waals surface area contributed by atoms with E-state index >= 15 is 0 Å². The molecule has 0 radical (unpaired) electrons. The van der Waals surface area contributed by atoms with Crippen molar-refractivity contribution in [2.75, 3.05) is 0 Å². The van der Waals surface area contributed by atoms with Gasteiger partial charge in [-0.2, -0.15) is 0 Å². The van der Waals surface area contributed by atoms with Crippen LogP contribution in [0.4, 0.5) is 0 Å². The van der Waals surface area contributed by atoms with Crippen molar-refractivity contribution in [2.45, 2.75) is 46.3 Å². The van der Waals surface area contributed by atoms with E-state index in [4.69, 9.17) is 9.47 Å². The Morgan fingerprint density at radius 2 is 1.82 bits per heavy atom. The number of carbonyl (C=O) groups is 2. The minimum Gasteiger partial charge on any atom is -0.489 e. The maximum absolute atomic E-state index is 12.3. The topological polar surface area (TPSA) is 98.6 Å².